The number of benzene rings is 1. The van der Waals surface area contributed by atoms with Crippen LogP contribution in [0.5, 0.6) is 0 Å². The number of esters is 1. The molecule has 0 unspecified atom stereocenters. The molecule has 1 aromatic carbocycles. The molecule has 1 aromatic rings. The first-order valence-electron chi connectivity index (χ1n) is 6.16. The van der Waals surface area contributed by atoms with Crippen molar-refractivity contribution in [3.05, 3.63) is 29.8 Å². The van der Waals surface area contributed by atoms with Crippen LogP contribution in [0, 0.1) is 6.92 Å². The van der Waals surface area contributed by atoms with Gasteiger partial charge in [-0.15, -0.1) is 11.6 Å². The third-order valence-corrected chi connectivity index (χ3v) is 5.51. The van der Waals surface area contributed by atoms with Crippen LogP contribution in [0.15, 0.2) is 29.2 Å². The molecule has 5 nitrogen and oxygen atoms in total. The smallest absolute Gasteiger partial charge is 0.324 e. The lowest BCUT2D eigenvalue weighted by Crippen LogP contribution is -2.41. The van der Waals surface area contributed by atoms with Gasteiger partial charge in [-0.1, -0.05) is 17.7 Å². The quantitative estimate of drug-likeness (QED) is 0.626. The molecule has 0 spiro atoms. The predicted octanol–water partition coefficient (Wildman–Crippen LogP) is 1.54. The van der Waals surface area contributed by atoms with E-state index in [4.69, 9.17) is 11.6 Å². The molecule has 20 heavy (non-hydrogen) atoms. The second-order valence-electron chi connectivity index (χ2n) is 4.76. The number of alkyl halides is 1. The first-order chi connectivity index (χ1) is 9.36. The number of carbonyl (C=O) groups is 1. The molecule has 2 rings (SSSR count). The number of rotatable bonds is 3. The van der Waals surface area contributed by atoms with Crippen molar-refractivity contribution >= 4 is 27.6 Å². The Kier molecular flexibility index (Phi) is 4.36. The van der Waals surface area contributed by atoms with E-state index in [1.165, 1.54) is 19.2 Å². The Hall–Kier alpha value is -1.11. The maximum Gasteiger partial charge on any atom is 0.324 e. The van der Waals surface area contributed by atoms with Crippen molar-refractivity contribution < 1.29 is 17.9 Å². The number of hydrogen-bond acceptors (Lipinski definition) is 4. The standard InChI is InChI=1S/C13H16ClNO4S/c1-9-3-5-11(6-4-9)20(17,18)15-8-10(14)7-12(15)13(16)19-2/h3-6,10,12H,7-8H2,1-2H3/t10-,12+/m1/s1. The number of sulfonamides is 1. The number of nitrogens with zero attached hydrogens (tertiary/aromatic N) is 1. The van der Waals surface area contributed by atoms with Gasteiger partial charge in [-0.05, 0) is 25.5 Å². The summed E-state index contributed by atoms with van der Waals surface area (Å²) < 4.78 is 30.9. The van der Waals surface area contributed by atoms with E-state index in [2.05, 4.69) is 4.74 Å². The fourth-order valence-corrected chi connectivity index (χ4v) is 4.25. The number of methoxy groups -OCH3 is 1. The van der Waals surface area contributed by atoms with Crippen LogP contribution in [0.1, 0.15) is 12.0 Å². The van der Waals surface area contributed by atoms with Crippen LogP contribution in [-0.2, 0) is 19.6 Å². The largest absolute Gasteiger partial charge is 0.468 e. The van der Waals surface area contributed by atoms with Gasteiger partial charge in [0.1, 0.15) is 6.04 Å². The molecule has 0 aromatic heterocycles. The normalized spacial score (nSPS) is 23.8. The minimum atomic E-state index is -3.74. The summed E-state index contributed by atoms with van der Waals surface area (Å²) in [6.45, 7) is 1.98. The Morgan fingerprint density at radius 3 is 2.50 bits per heavy atom. The summed E-state index contributed by atoms with van der Waals surface area (Å²) >= 11 is 6.01. The highest BCUT2D eigenvalue weighted by molar-refractivity contribution is 7.89. The van der Waals surface area contributed by atoms with Crippen LogP contribution < -0.4 is 0 Å². The van der Waals surface area contributed by atoms with Gasteiger partial charge in [0.25, 0.3) is 0 Å². The van der Waals surface area contributed by atoms with Crippen LogP contribution in [0.25, 0.3) is 0 Å². The Balaban J connectivity index is 2.37. The van der Waals surface area contributed by atoms with Crippen molar-refractivity contribution in [2.75, 3.05) is 13.7 Å². The molecule has 1 fully saturated rings. The van der Waals surface area contributed by atoms with Crippen molar-refractivity contribution in [2.24, 2.45) is 0 Å². The molecule has 1 heterocycles. The predicted molar refractivity (Wildman–Crippen MR) is 75.1 cm³/mol. The third-order valence-electron chi connectivity index (χ3n) is 3.31. The molecule has 0 amide bonds. The number of halogens is 1. The Morgan fingerprint density at radius 2 is 1.95 bits per heavy atom. The first-order valence-corrected chi connectivity index (χ1v) is 8.04. The van der Waals surface area contributed by atoms with Crippen molar-refractivity contribution in [3.63, 3.8) is 0 Å². The lowest BCUT2D eigenvalue weighted by Gasteiger charge is -2.22. The highest BCUT2D eigenvalue weighted by Crippen LogP contribution is 2.29. The highest BCUT2D eigenvalue weighted by atomic mass is 35.5. The fraction of sp³-hybridized carbons (Fsp3) is 0.462. The molecule has 0 bridgehead atoms. The average molecular weight is 318 g/mol. The zero-order chi connectivity index (χ0) is 14.9. The van der Waals surface area contributed by atoms with Gasteiger partial charge < -0.3 is 4.74 Å². The van der Waals surface area contributed by atoms with Gasteiger partial charge in [0.15, 0.2) is 0 Å². The minimum Gasteiger partial charge on any atom is -0.468 e. The highest BCUT2D eigenvalue weighted by Gasteiger charge is 2.43. The Labute approximate surface area is 123 Å². The maximum absolute atomic E-state index is 12.6. The summed E-state index contributed by atoms with van der Waals surface area (Å²) in [4.78, 5) is 11.9. The summed E-state index contributed by atoms with van der Waals surface area (Å²) in [5, 5.41) is -0.390. The summed E-state index contributed by atoms with van der Waals surface area (Å²) in [6, 6.07) is 5.64. The SMILES string of the molecule is COC(=O)[C@@H]1C[C@@H](Cl)CN1S(=O)(=O)c1ccc(C)cc1. The van der Waals surface area contributed by atoms with Crippen molar-refractivity contribution in [1.29, 1.82) is 0 Å². The van der Waals surface area contributed by atoms with Gasteiger partial charge in [0.05, 0.1) is 12.0 Å². The molecular formula is C13H16ClNO4S. The van der Waals surface area contributed by atoms with Crippen LogP contribution in [0.4, 0.5) is 0 Å². The molecule has 2 atom stereocenters. The van der Waals surface area contributed by atoms with E-state index in [0.717, 1.165) is 9.87 Å². The monoisotopic (exact) mass is 317 g/mol. The van der Waals surface area contributed by atoms with Gasteiger partial charge in [0, 0.05) is 11.9 Å². The van der Waals surface area contributed by atoms with Crippen molar-refractivity contribution in [1.82, 2.24) is 4.31 Å². The molecule has 0 aliphatic carbocycles. The zero-order valence-corrected chi connectivity index (χ0v) is 12.8. The van der Waals surface area contributed by atoms with Gasteiger partial charge >= 0.3 is 5.97 Å². The topological polar surface area (TPSA) is 63.7 Å². The van der Waals surface area contributed by atoms with E-state index in [1.807, 2.05) is 6.92 Å². The molecule has 7 heteroatoms. The van der Waals surface area contributed by atoms with Crippen LogP contribution >= 0.6 is 11.6 Å². The van der Waals surface area contributed by atoms with E-state index in [-0.39, 0.29) is 23.2 Å². The Bertz CT molecular complexity index is 599. The summed E-state index contributed by atoms with van der Waals surface area (Å²) in [5.74, 6) is -0.580. The number of carbonyl (C=O) groups excluding carboxylic acids is 1. The van der Waals surface area contributed by atoms with E-state index in [0.29, 0.717) is 0 Å². The van der Waals surface area contributed by atoms with E-state index < -0.39 is 22.0 Å². The molecule has 0 saturated carbocycles. The molecule has 0 N–H and O–H groups in total. The van der Waals surface area contributed by atoms with Crippen LogP contribution in [0.3, 0.4) is 0 Å². The lowest BCUT2D eigenvalue weighted by molar-refractivity contribution is -0.144. The summed E-state index contributed by atoms with van der Waals surface area (Å²) in [5.41, 5.74) is 0.963. The van der Waals surface area contributed by atoms with Crippen LogP contribution in [-0.4, -0.2) is 43.8 Å². The molecule has 1 aliphatic heterocycles. The number of aryl methyl sites for hydroxylation is 1. The molecule has 110 valence electrons. The van der Waals surface area contributed by atoms with E-state index in [9.17, 15) is 13.2 Å². The van der Waals surface area contributed by atoms with Gasteiger partial charge in [0.2, 0.25) is 10.0 Å². The van der Waals surface area contributed by atoms with Gasteiger partial charge in [-0.2, -0.15) is 4.31 Å². The van der Waals surface area contributed by atoms with Crippen LogP contribution in [0.2, 0.25) is 0 Å². The second-order valence-corrected chi connectivity index (χ2v) is 7.27. The van der Waals surface area contributed by atoms with Gasteiger partial charge in [-0.3, -0.25) is 4.79 Å². The average Bonchev–Trinajstić information content (AvgIpc) is 2.81. The summed E-state index contributed by atoms with van der Waals surface area (Å²) in [7, 11) is -2.51. The van der Waals surface area contributed by atoms with Gasteiger partial charge in [-0.25, -0.2) is 8.42 Å². The molecule has 1 aliphatic rings. The molecule has 1 saturated heterocycles. The van der Waals surface area contributed by atoms with Crippen molar-refractivity contribution in [2.45, 2.75) is 29.7 Å². The minimum absolute atomic E-state index is 0.109. The zero-order valence-electron chi connectivity index (χ0n) is 11.2. The number of hydrogen-bond donors (Lipinski definition) is 0. The Morgan fingerprint density at radius 1 is 1.35 bits per heavy atom. The second kappa shape index (κ2) is 5.71. The molecule has 0 radical (unpaired) electrons. The van der Waals surface area contributed by atoms with E-state index in [1.54, 1.807) is 12.1 Å². The lowest BCUT2D eigenvalue weighted by atomic mass is 10.2. The third kappa shape index (κ3) is 2.82. The fourth-order valence-electron chi connectivity index (χ4n) is 2.22. The maximum atomic E-state index is 12.6. The number of ether oxygens (including phenoxy) is 1. The molecular weight excluding hydrogens is 302 g/mol. The van der Waals surface area contributed by atoms with Crippen molar-refractivity contribution in [3.8, 4) is 0 Å². The summed E-state index contributed by atoms with van der Waals surface area (Å²) in [6.07, 6.45) is 0.263. The first kappa shape index (κ1) is 15.3. The van der Waals surface area contributed by atoms with E-state index >= 15 is 0 Å².